The molecule has 0 aliphatic carbocycles. The lowest BCUT2D eigenvalue weighted by Crippen LogP contribution is -2.37. The standard InChI is InChI=1S/C20H18N4OS2/c25-19(18-13-27-20(24-18)15-3-7-21-8-4-15)23-17(10-14-5-9-26-12-14)16-2-1-6-22-11-16/h1-9,11-12,17-18H,10,13H2,(H,23,25). The van der Waals surface area contributed by atoms with Crippen LogP contribution < -0.4 is 5.32 Å². The molecular formula is C20H18N4OS2. The van der Waals surface area contributed by atoms with E-state index in [9.17, 15) is 4.79 Å². The molecule has 0 spiro atoms. The fourth-order valence-corrected chi connectivity index (χ4v) is 4.64. The molecule has 3 aromatic rings. The summed E-state index contributed by atoms with van der Waals surface area (Å²) >= 11 is 3.27. The average Bonchev–Trinajstić information content (AvgIpc) is 3.41. The minimum atomic E-state index is -0.375. The molecule has 1 aliphatic heterocycles. The third-order valence-electron chi connectivity index (χ3n) is 4.30. The van der Waals surface area contributed by atoms with E-state index < -0.39 is 0 Å². The molecule has 0 bridgehead atoms. The first kappa shape index (κ1) is 17.9. The van der Waals surface area contributed by atoms with Crippen molar-refractivity contribution in [3.8, 4) is 0 Å². The molecule has 1 amide bonds. The summed E-state index contributed by atoms with van der Waals surface area (Å²) in [6, 6.07) is 9.32. The Labute approximate surface area is 166 Å². The molecule has 3 aromatic heterocycles. The largest absolute Gasteiger partial charge is 0.347 e. The molecule has 0 saturated heterocycles. The molecule has 0 fully saturated rings. The summed E-state index contributed by atoms with van der Waals surface area (Å²) in [5.74, 6) is 0.609. The van der Waals surface area contributed by atoms with Crippen LogP contribution in [0.25, 0.3) is 0 Å². The molecule has 2 unspecified atom stereocenters. The van der Waals surface area contributed by atoms with Crippen molar-refractivity contribution < 1.29 is 4.79 Å². The van der Waals surface area contributed by atoms with Crippen LogP contribution in [0.3, 0.4) is 0 Å². The second kappa shape index (κ2) is 8.45. The Morgan fingerprint density at radius 2 is 2.07 bits per heavy atom. The van der Waals surface area contributed by atoms with Crippen LogP contribution in [-0.4, -0.2) is 32.7 Å². The van der Waals surface area contributed by atoms with Crippen molar-refractivity contribution in [1.82, 2.24) is 15.3 Å². The van der Waals surface area contributed by atoms with Crippen LogP contribution in [0.2, 0.25) is 0 Å². The molecule has 0 aromatic carbocycles. The molecule has 1 N–H and O–H groups in total. The summed E-state index contributed by atoms with van der Waals surface area (Å²) in [7, 11) is 0. The summed E-state index contributed by atoms with van der Waals surface area (Å²) in [4.78, 5) is 25.7. The van der Waals surface area contributed by atoms with Gasteiger partial charge in [-0.05, 0) is 52.6 Å². The van der Waals surface area contributed by atoms with E-state index in [1.807, 2.05) is 30.5 Å². The van der Waals surface area contributed by atoms with E-state index in [-0.39, 0.29) is 18.0 Å². The predicted octanol–water partition coefficient (Wildman–Crippen LogP) is 3.50. The van der Waals surface area contributed by atoms with Crippen molar-refractivity contribution in [2.24, 2.45) is 4.99 Å². The molecule has 27 heavy (non-hydrogen) atoms. The number of rotatable bonds is 6. The lowest BCUT2D eigenvalue weighted by Gasteiger charge is -2.20. The third-order valence-corrected chi connectivity index (χ3v) is 6.13. The van der Waals surface area contributed by atoms with E-state index in [1.165, 1.54) is 5.56 Å². The highest BCUT2D eigenvalue weighted by Crippen LogP contribution is 2.25. The maximum atomic E-state index is 12.9. The van der Waals surface area contributed by atoms with Gasteiger partial charge in [0, 0.05) is 36.1 Å². The number of thiophene rings is 1. The smallest absolute Gasteiger partial charge is 0.246 e. The zero-order valence-corrected chi connectivity index (χ0v) is 16.1. The third kappa shape index (κ3) is 4.43. The molecule has 0 saturated carbocycles. The Bertz CT molecular complexity index is 914. The van der Waals surface area contributed by atoms with Crippen molar-refractivity contribution in [1.29, 1.82) is 0 Å². The summed E-state index contributed by atoms with van der Waals surface area (Å²) in [6.07, 6.45) is 7.77. The fourth-order valence-electron chi connectivity index (χ4n) is 2.91. The van der Waals surface area contributed by atoms with Crippen molar-refractivity contribution >= 4 is 34.0 Å². The number of aromatic nitrogens is 2. The van der Waals surface area contributed by atoms with Crippen LogP contribution in [0, 0.1) is 0 Å². The number of hydrogen-bond acceptors (Lipinski definition) is 6. The highest BCUT2D eigenvalue weighted by atomic mass is 32.2. The van der Waals surface area contributed by atoms with Gasteiger partial charge in [0.1, 0.15) is 6.04 Å². The van der Waals surface area contributed by atoms with E-state index in [0.29, 0.717) is 5.75 Å². The fraction of sp³-hybridized carbons (Fsp3) is 0.200. The van der Waals surface area contributed by atoms with Crippen molar-refractivity contribution in [2.45, 2.75) is 18.5 Å². The molecule has 4 rings (SSSR count). The van der Waals surface area contributed by atoms with Crippen molar-refractivity contribution in [3.63, 3.8) is 0 Å². The minimum Gasteiger partial charge on any atom is -0.347 e. The van der Waals surface area contributed by atoms with Crippen molar-refractivity contribution in [3.05, 3.63) is 82.6 Å². The first-order valence-electron chi connectivity index (χ1n) is 8.62. The highest BCUT2D eigenvalue weighted by molar-refractivity contribution is 8.14. The zero-order chi connectivity index (χ0) is 18.5. The lowest BCUT2D eigenvalue weighted by atomic mass is 10.0. The van der Waals surface area contributed by atoms with Crippen LogP contribution >= 0.6 is 23.1 Å². The summed E-state index contributed by atoms with van der Waals surface area (Å²) in [5, 5.41) is 8.24. The number of thioether (sulfide) groups is 1. The quantitative estimate of drug-likeness (QED) is 0.695. The number of nitrogens with zero attached hydrogens (tertiary/aromatic N) is 3. The second-order valence-electron chi connectivity index (χ2n) is 6.18. The first-order chi connectivity index (χ1) is 13.3. The molecule has 136 valence electrons. The van der Waals surface area contributed by atoms with Gasteiger partial charge in [-0.15, -0.1) is 11.8 Å². The molecule has 2 atom stereocenters. The number of carbonyl (C=O) groups is 1. The summed E-state index contributed by atoms with van der Waals surface area (Å²) < 4.78 is 0. The average molecular weight is 395 g/mol. The van der Waals surface area contributed by atoms with E-state index >= 15 is 0 Å². The van der Waals surface area contributed by atoms with E-state index in [0.717, 1.165) is 22.6 Å². The zero-order valence-electron chi connectivity index (χ0n) is 14.5. The van der Waals surface area contributed by atoms with Gasteiger partial charge in [0.05, 0.1) is 11.1 Å². The van der Waals surface area contributed by atoms with Crippen LogP contribution in [0.15, 0.2) is 70.9 Å². The number of amides is 1. The van der Waals surface area contributed by atoms with Gasteiger partial charge in [0.2, 0.25) is 5.91 Å². The van der Waals surface area contributed by atoms with Gasteiger partial charge >= 0.3 is 0 Å². The Hall–Kier alpha value is -2.51. The van der Waals surface area contributed by atoms with Gasteiger partial charge in [-0.1, -0.05) is 6.07 Å². The highest BCUT2D eigenvalue weighted by Gasteiger charge is 2.28. The Morgan fingerprint density at radius 3 is 2.81 bits per heavy atom. The molecule has 1 aliphatic rings. The molecule has 4 heterocycles. The molecule has 0 radical (unpaired) electrons. The van der Waals surface area contributed by atoms with E-state index in [2.05, 4.69) is 37.1 Å². The number of pyridine rings is 2. The summed E-state index contributed by atoms with van der Waals surface area (Å²) in [6.45, 7) is 0. The normalized spacial score (nSPS) is 17.3. The van der Waals surface area contributed by atoms with Gasteiger partial charge in [-0.2, -0.15) is 11.3 Å². The second-order valence-corrected chi connectivity index (χ2v) is 7.97. The van der Waals surface area contributed by atoms with Gasteiger partial charge < -0.3 is 5.32 Å². The number of aliphatic imine (C=N–C) groups is 1. The van der Waals surface area contributed by atoms with Crippen molar-refractivity contribution in [2.75, 3.05) is 5.75 Å². The monoisotopic (exact) mass is 394 g/mol. The van der Waals surface area contributed by atoms with Crippen LogP contribution in [-0.2, 0) is 11.2 Å². The number of hydrogen-bond donors (Lipinski definition) is 1. The predicted molar refractivity (Wildman–Crippen MR) is 110 cm³/mol. The van der Waals surface area contributed by atoms with Gasteiger partial charge in [0.25, 0.3) is 0 Å². The van der Waals surface area contributed by atoms with Crippen LogP contribution in [0.1, 0.15) is 22.7 Å². The first-order valence-corrected chi connectivity index (χ1v) is 10.5. The Morgan fingerprint density at radius 1 is 1.19 bits per heavy atom. The molecule has 5 nitrogen and oxygen atoms in total. The summed E-state index contributed by atoms with van der Waals surface area (Å²) in [5.41, 5.74) is 3.21. The van der Waals surface area contributed by atoms with Gasteiger partial charge in [-0.3, -0.25) is 19.8 Å². The molecular weight excluding hydrogens is 376 g/mol. The lowest BCUT2D eigenvalue weighted by molar-refractivity contribution is -0.122. The minimum absolute atomic E-state index is 0.0457. The van der Waals surface area contributed by atoms with E-state index in [1.54, 1.807) is 41.7 Å². The number of nitrogens with one attached hydrogen (secondary N) is 1. The Balaban J connectivity index is 1.49. The molecule has 7 heteroatoms. The Kier molecular flexibility index (Phi) is 5.60. The number of carbonyl (C=O) groups excluding carboxylic acids is 1. The van der Waals surface area contributed by atoms with Crippen LogP contribution in [0.4, 0.5) is 0 Å². The van der Waals surface area contributed by atoms with Crippen LogP contribution in [0.5, 0.6) is 0 Å². The van der Waals surface area contributed by atoms with E-state index in [4.69, 9.17) is 0 Å². The van der Waals surface area contributed by atoms with Gasteiger partial charge in [0.15, 0.2) is 0 Å². The maximum Gasteiger partial charge on any atom is 0.246 e. The maximum absolute atomic E-state index is 12.9. The topological polar surface area (TPSA) is 67.2 Å². The SMILES string of the molecule is O=C(NC(Cc1ccsc1)c1cccnc1)C1CSC(c2ccncc2)=N1. The van der Waals surface area contributed by atoms with Gasteiger partial charge in [-0.25, -0.2) is 0 Å².